The molecule has 22 heavy (non-hydrogen) atoms. The average molecular weight is 310 g/mol. The third-order valence-corrected chi connectivity index (χ3v) is 4.67. The molecule has 0 fully saturated rings. The van der Waals surface area contributed by atoms with Gasteiger partial charge in [0.25, 0.3) is 10.1 Å². The van der Waals surface area contributed by atoms with Crippen LogP contribution in [0.4, 0.5) is 0 Å². The molecule has 0 heterocycles. The lowest BCUT2D eigenvalue weighted by Crippen LogP contribution is -2.04. The van der Waals surface area contributed by atoms with E-state index in [2.05, 4.69) is 13.2 Å². The minimum atomic E-state index is -4.39. The second kappa shape index (κ2) is 5.09. The molecular weight excluding hydrogens is 296 g/mol. The highest BCUT2D eigenvalue weighted by molar-refractivity contribution is 7.86. The van der Waals surface area contributed by atoms with Gasteiger partial charge in [0.05, 0.1) is 0 Å². The first-order chi connectivity index (χ1) is 10.5. The fourth-order valence-corrected chi connectivity index (χ4v) is 3.69. The lowest BCUT2D eigenvalue weighted by molar-refractivity contribution is 0.484. The summed E-state index contributed by atoms with van der Waals surface area (Å²) in [4.78, 5) is -0.124. The van der Waals surface area contributed by atoms with Crippen LogP contribution in [0, 0.1) is 0 Å². The zero-order valence-corrected chi connectivity index (χ0v) is 12.6. The first-order valence-corrected chi connectivity index (χ1v) is 8.11. The van der Waals surface area contributed by atoms with Gasteiger partial charge in [-0.25, -0.2) is 0 Å². The van der Waals surface area contributed by atoms with Gasteiger partial charge >= 0.3 is 0 Å². The lowest BCUT2D eigenvalue weighted by Gasteiger charge is -2.12. The molecule has 0 aliphatic carbocycles. The van der Waals surface area contributed by atoms with E-state index in [-0.39, 0.29) is 4.90 Å². The van der Waals surface area contributed by atoms with E-state index in [9.17, 15) is 13.0 Å². The molecule has 3 rings (SSSR count). The van der Waals surface area contributed by atoms with E-state index in [0.717, 1.165) is 16.2 Å². The summed E-state index contributed by atoms with van der Waals surface area (Å²) in [6, 6.07) is 13.2. The van der Waals surface area contributed by atoms with Gasteiger partial charge in [-0.3, -0.25) is 4.55 Å². The van der Waals surface area contributed by atoms with E-state index in [1.54, 1.807) is 12.1 Å². The summed E-state index contributed by atoms with van der Waals surface area (Å²) in [5.74, 6) is 0. The zero-order chi connectivity index (χ0) is 15.9. The summed E-state index contributed by atoms with van der Waals surface area (Å²) < 4.78 is 33.5. The highest BCUT2D eigenvalue weighted by atomic mass is 32.2. The molecule has 0 unspecified atom stereocenters. The molecule has 4 heteroatoms. The molecule has 3 aromatic carbocycles. The maximum atomic E-state index is 11.9. The molecule has 3 aromatic rings. The minimum Gasteiger partial charge on any atom is -0.282 e. The fourth-order valence-electron chi connectivity index (χ4n) is 2.75. The predicted molar refractivity (Wildman–Crippen MR) is 91.5 cm³/mol. The Morgan fingerprint density at radius 1 is 0.909 bits per heavy atom. The molecule has 1 N–H and O–H groups in total. The zero-order valence-electron chi connectivity index (χ0n) is 11.8. The summed E-state index contributed by atoms with van der Waals surface area (Å²) in [7, 11) is -4.39. The van der Waals surface area contributed by atoms with Gasteiger partial charge in [0, 0.05) is 10.9 Å². The van der Waals surface area contributed by atoms with Crippen molar-refractivity contribution in [1.82, 2.24) is 0 Å². The Morgan fingerprint density at radius 3 is 2.09 bits per heavy atom. The van der Waals surface area contributed by atoms with Gasteiger partial charge < -0.3 is 0 Å². The Hall–Kier alpha value is -2.43. The first-order valence-electron chi connectivity index (χ1n) is 6.67. The smallest absolute Gasteiger partial charge is 0.282 e. The van der Waals surface area contributed by atoms with E-state index >= 15 is 0 Å². The molecule has 0 spiro atoms. The minimum absolute atomic E-state index is 0.124. The monoisotopic (exact) mass is 310 g/mol. The Bertz CT molecular complexity index is 1030. The predicted octanol–water partition coefficient (Wildman–Crippen LogP) is 4.53. The summed E-state index contributed by atoms with van der Waals surface area (Å²) in [5, 5.41) is 3.10. The van der Waals surface area contributed by atoms with Crippen molar-refractivity contribution in [2.45, 2.75) is 4.90 Å². The molecule has 3 nitrogen and oxygen atoms in total. The highest BCUT2D eigenvalue weighted by Gasteiger charge is 2.20. The van der Waals surface area contributed by atoms with Gasteiger partial charge in [-0.15, -0.1) is 0 Å². The van der Waals surface area contributed by atoms with Gasteiger partial charge in [0.1, 0.15) is 4.90 Å². The highest BCUT2D eigenvalue weighted by Crippen LogP contribution is 2.34. The second-order valence-electron chi connectivity index (χ2n) is 5.01. The molecule has 0 atom stereocenters. The van der Waals surface area contributed by atoms with Crippen molar-refractivity contribution >= 4 is 43.8 Å². The fraction of sp³-hybridized carbons (Fsp3) is 0. The van der Waals surface area contributed by atoms with Crippen molar-refractivity contribution in [3.63, 3.8) is 0 Å². The molecule has 0 aromatic heterocycles. The van der Waals surface area contributed by atoms with Crippen molar-refractivity contribution in [1.29, 1.82) is 0 Å². The molecule has 0 amide bonds. The van der Waals surface area contributed by atoms with Crippen LogP contribution < -0.4 is 0 Å². The van der Waals surface area contributed by atoms with Crippen LogP contribution in [0.25, 0.3) is 33.7 Å². The third kappa shape index (κ3) is 2.22. The summed E-state index contributed by atoms with van der Waals surface area (Å²) in [5.41, 5.74) is 0.977. The second-order valence-corrected chi connectivity index (χ2v) is 6.37. The van der Waals surface area contributed by atoms with Crippen LogP contribution in [-0.2, 0) is 10.1 Å². The van der Waals surface area contributed by atoms with Crippen LogP contribution in [-0.4, -0.2) is 13.0 Å². The topological polar surface area (TPSA) is 54.4 Å². The molecule has 0 radical (unpaired) electrons. The van der Waals surface area contributed by atoms with Crippen LogP contribution in [0.1, 0.15) is 11.1 Å². The van der Waals surface area contributed by atoms with Crippen molar-refractivity contribution < 1.29 is 13.0 Å². The van der Waals surface area contributed by atoms with E-state index in [0.29, 0.717) is 16.5 Å². The Kier molecular flexibility index (Phi) is 3.35. The van der Waals surface area contributed by atoms with Crippen LogP contribution >= 0.6 is 0 Å². The van der Waals surface area contributed by atoms with Crippen molar-refractivity contribution in [3.05, 3.63) is 66.7 Å². The Labute approximate surface area is 129 Å². The first kappa shape index (κ1) is 14.5. The number of hydrogen-bond donors (Lipinski definition) is 1. The third-order valence-electron chi connectivity index (χ3n) is 3.71. The van der Waals surface area contributed by atoms with E-state index < -0.39 is 10.1 Å². The van der Waals surface area contributed by atoms with Gasteiger partial charge in [-0.05, 0) is 39.9 Å². The van der Waals surface area contributed by atoms with Crippen LogP contribution in [0.5, 0.6) is 0 Å². The Morgan fingerprint density at radius 2 is 1.55 bits per heavy atom. The SMILES string of the molecule is C=Cc1cc2cc3ccccc3cc2c(S(=O)(=O)O)c1C=C. The molecule has 0 aliphatic rings. The molecule has 0 aliphatic heterocycles. The lowest BCUT2D eigenvalue weighted by atomic mass is 9.97. The summed E-state index contributed by atoms with van der Waals surface area (Å²) >= 11 is 0. The molecule has 0 saturated carbocycles. The van der Waals surface area contributed by atoms with Gasteiger partial charge in [-0.1, -0.05) is 49.6 Å². The largest absolute Gasteiger partial charge is 0.295 e. The van der Waals surface area contributed by atoms with Crippen molar-refractivity contribution in [3.8, 4) is 0 Å². The molecule has 0 bridgehead atoms. The number of fused-ring (bicyclic) bond motifs is 2. The number of benzene rings is 3. The standard InChI is InChI=1S/C18H14O3S/c1-3-12-9-15-10-13-7-5-6-8-14(13)11-17(15)18(16(12)4-2)22(19,20)21/h3-11H,1-2H2,(H,19,20,21). The van der Waals surface area contributed by atoms with E-state index in [4.69, 9.17) is 0 Å². The molecule has 0 saturated heterocycles. The quantitative estimate of drug-likeness (QED) is 0.571. The van der Waals surface area contributed by atoms with Gasteiger partial charge in [0.15, 0.2) is 0 Å². The average Bonchev–Trinajstić information content (AvgIpc) is 2.49. The summed E-state index contributed by atoms with van der Waals surface area (Å²) in [6.07, 6.45) is 2.98. The number of rotatable bonds is 3. The van der Waals surface area contributed by atoms with Crippen LogP contribution in [0.2, 0.25) is 0 Å². The maximum Gasteiger partial charge on any atom is 0.295 e. The Balaban J connectivity index is 2.62. The maximum absolute atomic E-state index is 11.9. The van der Waals surface area contributed by atoms with Gasteiger partial charge in [0.2, 0.25) is 0 Å². The van der Waals surface area contributed by atoms with Crippen LogP contribution in [0.15, 0.2) is 60.5 Å². The van der Waals surface area contributed by atoms with E-state index in [1.807, 2.05) is 36.4 Å². The van der Waals surface area contributed by atoms with E-state index in [1.165, 1.54) is 6.08 Å². The normalized spacial score (nSPS) is 11.7. The van der Waals surface area contributed by atoms with Crippen molar-refractivity contribution in [2.75, 3.05) is 0 Å². The van der Waals surface area contributed by atoms with Gasteiger partial charge in [-0.2, -0.15) is 8.42 Å². The molecule has 110 valence electrons. The molecular formula is C18H14O3S. The number of hydrogen-bond acceptors (Lipinski definition) is 2. The van der Waals surface area contributed by atoms with Crippen LogP contribution in [0.3, 0.4) is 0 Å². The summed E-state index contributed by atoms with van der Waals surface area (Å²) in [6.45, 7) is 7.37. The van der Waals surface area contributed by atoms with Crippen molar-refractivity contribution in [2.24, 2.45) is 0 Å².